The van der Waals surface area contributed by atoms with Crippen molar-refractivity contribution < 1.29 is 13.9 Å². The minimum absolute atomic E-state index is 0.0874. The maximum Gasteiger partial charge on any atom is 0.201 e. The molecule has 124 valence electrons. The molecule has 2 aliphatic heterocycles. The van der Waals surface area contributed by atoms with Gasteiger partial charge in [-0.1, -0.05) is 39.8 Å². The van der Waals surface area contributed by atoms with Gasteiger partial charge in [-0.05, 0) is 37.0 Å². The van der Waals surface area contributed by atoms with Gasteiger partial charge in [0.05, 0.1) is 12.4 Å². The average Bonchev–Trinajstić information content (AvgIpc) is 2.60. The Hall–Kier alpha value is -0.583. The summed E-state index contributed by atoms with van der Waals surface area (Å²) in [4.78, 5) is 0. The molecule has 1 aliphatic carbocycles. The van der Waals surface area contributed by atoms with Crippen molar-refractivity contribution in [3.05, 3.63) is 24.5 Å². The topological polar surface area (TPSA) is 27.7 Å². The lowest BCUT2D eigenvalue weighted by Gasteiger charge is -2.53. The second-order valence-corrected chi connectivity index (χ2v) is 13.6. The zero-order valence-corrected chi connectivity index (χ0v) is 15.9. The lowest BCUT2D eigenvalue weighted by atomic mass is 9.60. The van der Waals surface area contributed by atoms with E-state index in [0.29, 0.717) is 0 Å². The van der Waals surface area contributed by atoms with Gasteiger partial charge in [-0.3, -0.25) is 0 Å². The molecular formula is C18H30O3Si. The standard InChI is InChI=1S/C18H30O3Si/c1-13-8-9-14(21-22(6,7)16(2,3)4)18-10-11-19-15(20-18)12-17(13,18)5/h10-11,14-15H,1,8-9,12H2,2-7H3/t14-,15-,17-,18+/m1/s1. The summed E-state index contributed by atoms with van der Waals surface area (Å²) in [5.74, 6) is 0. The SMILES string of the molecule is C=C1CC[C@@H](O[Si](C)(C)C(C)(C)C)[C@@]23C=CO[C@@H](C[C@]12C)O3. The number of fused-ring (bicyclic) bond motifs is 1. The van der Waals surface area contributed by atoms with Crippen LogP contribution >= 0.6 is 0 Å². The van der Waals surface area contributed by atoms with Crippen molar-refractivity contribution in [2.24, 2.45) is 5.41 Å². The van der Waals surface area contributed by atoms with E-state index in [1.54, 1.807) is 0 Å². The average molecular weight is 323 g/mol. The third kappa shape index (κ3) is 2.07. The first kappa shape index (κ1) is 16.3. The van der Waals surface area contributed by atoms with Crippen LogP contribution in [0.1, 0.15) is 47.0 Å². The van der Waals surface area contributed by atoms with E-state index in [2.05, 4.69) is 53.4 Å². The van der Waals surface area contributed by atoms with Crippen LogP contribution in [-0.4, -0.2) is 26.3 Å². The van der Waals surface area contributed by atoms with Gasteiger partial charge in [-0.25, -0.2) is 0 Å². The molecule has 4 atom stereocenters. The van der Waals surface area contributed by atoms with Crippen LogP contribution in [0.3, 0.4) is 0 Å². The van der Waals surface area contributed by atoms with E-state index in [1.807, 2.05) is 6.26 Å². The van der Waals surface area contributed by atoms with Crippen LogP contribution in [0.15, 0.2) is 24.5 Å². The third-order valence-corrected chi connectivity index (χ3v) is 11.0. The van der Waals surface area contributed by atoms with Crippen molar-refractivity contribution >= 4 is 8.32 Å². The molecule has 0 radical (unpaired) electrons. The zero-order valence-electron chi connectivity index (χ0n) is 14.9. The van der Waals surface area contributed by atoms with E-state index in [0.717, 1.165) is 19.3 Å². The minimum Gasteiger partial charge on any atom is -0.473 e. The highest BCUT2D eigenvalue weighted by atomic mass is 28.4. The highest BCUT2D eigenvalue weighted by molar-refractivity contribution is 6.74. The first-order valence-corrected chi connectivity index (χ1v) is 11.3. The summed E-state index contributed by atoms with van der Waals surface area (Å²) in [5.41, 5.74) is 0.789. The Balaban J connectivity index is 1.98. The summed E-state index contributed by atoms with van der Waals surface area (Å²) in [6.45, 7) is 18.1. The van der Waals surface area contributed by atoms with Crippen molar-refractivity contribution in [3.63, 3.8) is 0 Å². The Morgan fingerprint density at radius 3 is 2.68 bits per heavy atom. The fourth-order valence-electron chi connectivity index (χ4n) is 3.84. The van der Waals surface area contributed by atoms with Crippen molar-refractivity contribution in [2.75, 3.05) is 0 Å². The summed E-state index contributed by atoms with van der Waals surface area (Å²) in [6.07, 6.45) is 6.72. The Morgan fingerprint density at radius 1 is 1.36 bits per heavy atom. The van der Waals surface area contributed by atoms with Gasteiger partial charge in [0, 0.05) is 11.8 Å². The van der Waals surface area contributed by atoms with Gasteiger partial charge in [0.1, 0.15) is 5.60 Å². The molecule has 22 heavy (non-hydrogen) atoms. The highest BCUT2D eigenvalue weighted by Crippen LogP contribution is 2.61. The molecule has 0 amide bonds. The van der Waals surface area contributed by atoms with Crippen LogP contribution < -0.4 is 0 Å². The molecule has 4 heteroatoms. The van der Waals surface area contributed by atoms with Gasteiger partial charge >= 0.3 is 0 Å². The first-order chi connectivity index (χ1) is 10.0. The molecule has 2 fully saturated rings. The van der Waals surface area contributed by atoms with E-state index < -0.39 is 13.9 Å². The number of hydrogen-bond donors (Lipinski definition) is 0. The fraction of sp³-hybridized carbons (Fsp3) is 0.778. The van der Waals surface area contributed by atoms with Crippen molar-refractivity contribution in [3.8, 4) is 0 Å². The number of hydrogen-bond acceptors (Lipinski definition) is 3. The molecule has 2 heterocycles. The molecule has 0 N–H and O–H groups in total. The monoisotopic (exact) mass is 322 g/mol. The Kier molecular flexibility index (Phi) is 3.49. The van der Waals surface area contributed by atoms with Gasteiger partial charge in [0.25, 0.3) is 0 Å². The summed E-state index contributed by atoms with van der Waals surface area (Å²) in [7, 11) is -1.85. The molecule has 0 unspecified atom stereocenters. The van der Waals surface area contributed by atoms with Gasteiger partial charge in [-0.15, -0.1) is 0 Å². The summed E-state index contributed by atoms with van der Waals surface area (Å²) in [6, 6.07) is 0. The minimum atomic E-state index is -1.85. The molecule has 3 rings (SSSR count). The summed E-state index contributed by atoms with van der Waals surface area (Å²) < 4.78 is 18.8. The van der Waals surface area contributed by atoms with Crippen LogP contribution in [0.5, 0.6) is 0 Å². The predicted octanol–water partition coefficient (Wildman–Crippen LogP) is 4.76. The van der Waals surface area contributed by atoms with E-state index in [-0.39, 0.29) is 22.8 Å². The van der Waals surface area contributed by atoms with Crippen LogP contribution in [0.4, 0.5) is 0 Å². The summed E-state index contributed by atoms with van der Waals surface area (Å²) in [5, 5.41) is 0.196. The van der Waals surface area contributed by atoms with Crippen molar-refractivity contribution in [2.45, 2.75) is 83.1 Å². The third-order valence-electron chi connectivity index (χ3n) is 6.52. The van der Waals surface area contributed by atoms with E-state index >= 15 is 0 Å². The zero-order chi connectivity index (χ0) is 16.4. The molecule has 2 bridgehead atoms. The highest BCUT2D eigenvalue weighted by Gasteiger charge is 2.65. The van der Waals surface area contributed by atoms with E-state index in [9.17, 15) is 0 Å². The predicted molar refractivity (Wildman–Crippen MR) is 91.0 cm³/mol. The molecule has 1 saturated heterocycles. The van der Waals surface area contributed by atoms with Crippen LogP contribution in [-0.2, 0) is 13.9 Å². The Morgan fingerprint density at radius 2 is 2.05 bits per heavy atom. The van der Waals surface area contributed by atoms with Crippen LogP contribution in [0.2, 0.25) is 18.1 Å². The molecule has 0 aromatic rings. The van der Waals surface area contributed by atoms with Gasteiger partial charge < -0.3 is 13.9 Å². The molecule has 3 aliphatic rings. The Labute approximate surface area is 135 Å². The molecule has 1 spiro atoms. The normalized spacial score (nSPS) is 41.3. The van der Waals surface area contributed by atoms with Crippen molar-refractivity contribution in [1.82, 2.24) is 0 Å². The molecule has 0 aromatic carbocycles. The molecule has 1 saturated carbocycles. The first-order valence-electron chi connectivity index (χ1n) is 8.39. The number of ether oxygens (including phenoxy) is 2. The quantitative estimate of drug-likeness (QED) is 0.542. The van der Waals surface area contributed by atoms with Crippen molar-refractivity contribution in [1.29, 1.82) is 0 Å². The molecular weight excluding hydrogens is 292 g/mol. The van der Waals surface area contributed by atoms with Gasteiger partial charge in [0.15, 0.2) is 8.32 Å². The maximum atomic E-state index is 6.81. The van der Waals surface area contributed by atoms with Gasteiger partial charge in [0.2, 0.25) is 6.29 Å². The van der Waals surface area contributed by atoms with Gasteiger partial charge in [-0.2, -0.15) is 0 Å². The fourth-order valence-corrected chi connectivity index (χ4v) is 5.20. The lowest BCUT2D eigenvalue weighted by molar-refractivity contribution is -0.189. The van der Waals surface area contributed by atoms with Crippen LogP contribution in [0.25, 0.3) is 0 Å². The molecule has 0 aromatic heterocycles. The van der Waals surface area contributed by atoms with Crippen LogP contribution in [0, 0.1) is 5.41 Å². The number of rotatable bonds is 2. The second kappa shape index (κ2) is 4.71. The smallest absolute Gasteiger partial charge is 0.201 e. The van der Waals surface area contributed by atoms with E-state index in [1.165, 1.54) is 5.57 Å². The van der Waals surface area contributed by atoms with E-state index in [4.69, 9.17) is 13.9 Å². The Bertz CT molecular complexity index is 519. The molecule has 3 nitrogen and oxygen atoms in total. The lowest BCUT2D eigenvalue weighted by Crippen LogP contribution is -2.60. The second-order valence-electron chi connectivity index (χ2n) is 8.82. The summed E-state index contributed by atoms with van der Waals surface area (Å²) >= 11 is 0. The largest absolute Gasteiger partial charge is 0.473 e. The maximum absolute atomic E-state index is 6.81.